The predicted molar refractivity (Wildman–Crippen MR) is 97.0 cm³/mol. The first-order valence-corrected chi connectivity index (χ1v) is 9.07. The molecule has 2 aromatic heterocycles. The van der Waals surface area contributed by atoms with Crippen LogP contribution in [0, 0.1) is 0 Å². The van der Waals surface area contributed by atoms with E-state index in [2.05, 4.69) is 10.3 Å². The summed E-state index contributed by atoms with van der Waals surface area (Å²) in [5.41, 5.74) is 1.72. The first-order chi connectivity index (χ1) is 13.2. The summed E-state index contributed by atoms with van der Waals surface area (Å²) in [5.74, 6) is 0.0234. The van der Waals surface area contributed by atoms with E-state index in [0.717, 1.165) is 17.6 Å². The van der Waals surface area contributed by atoms with Crippen LogP contribution in [-0.4, -0.2) is 49.6 Å². The molecule has 2 atom stereocenters. The van der Waals surface area contributed by atoms with Gasteiger partial charge in [0.2, 0.25) is 5.91 Å². The van der Waals surface area contributed by atoms with Crippen molar-refractivity contribution >= 4 is 16.8 Å². The molecular weight excluding hydrogens is 346 g/mol. The molecule has 27 heavy (non-hydrogen) atoms. The number of pyridine rings is 1. The number of para-hydroxylation sites is 1. The summed E-state index contributed by atoms with van der Waals surface area (Å²) >= 11 is 0. The Kier molecular flexibility index (Phi) is 3.78. The number of amides is 1. The normalized spacial score (nSPS) is 21.7. The average molecular weight is 365 g/mol. The molecule has 1 saturated heterocycles. The number of piperidine rings is 1. The number of likely N-dealkylation sites (tertiary alicyclic amines) is 1. The summed E-state index contributed by atoms with van der Waals surface area (Å²) in [6.07, 6.45) is 4.14. The lowest BCUT2D eigenvalue weighted by atomic mass is 10.00. The zero-order chi connectivity index (χ0) is 18.4. The van der Waals surface area contributed by atoms with Gasteiger partial charge in [-0.3, -0.25) is 9.59 Å². The van der Waals surface area contributed by atoms with Crippen molar-refractivity contribution in [2.45, 2.75) is 31.7 Å². The van der Waals surface area contributed by atoms with Gasteiger partial charge in [0.15, 0.2) is 5.43 Å². The number of benzene rings is 1. The van der Waals surface area contributed by atoms with Gasteiger partial charge in [0, 0.05) is 30.7 Å². The Balaban J connectivity index is 1.35. The molecule has 0 bridgehead atoms. The van der Waals surface area contributed by atoms with Crippen LogP contribution in [-0.2, 0) is 22.7 Å². The van der Waals surface area contributed by atoms with Crippen LogP contribution in [0.25, 0.3) is 10.9 Å². The maximum absolute atomic E-state index is 12.9. The van der Waals surface area contributed by atoms with Crippen LogP contribution in [0.5, 0.6) is 0 Å². The van der Waals surface area contributed by atoms with Crippen LogP contribution in [0.3, 0.4) is 0 Å². The Hall–Kier alpha value is -3.00. The molecule has 0 radical (unpaired) electrons. The third-order valence-electron chi connectivity index (χ3n) is 5.48. The highest BCUT2D eigenvalue weighted by molar-refractivity contribution is 5.82. The van der Waals surface area contributed by atoms with E-state index in [9.17, 15) is 9.59 Å². The van der Waals surface area contributed by atoms with Gasteiger partial charge in [0.1, 0.15) is 6.54 Å². The van der Waals surface area contributed by atoms with Gasteiger partial charge in [-0.2, -0.15) is 0 Å². The zero-order valence-corrected chi connectivity index (χ0v) is 14.7. The van der Waals surface area contributed by atoms with E-state index in [1.54, 1.807) is 18.5 Å². The van der Waals surface area contributed by atoms with Gasteiger partial charge in [0.05, 0.1) is 36.2 Å². The summed E-state index contributed by atoms with van der Waals surface area (Å²) < 4.78 is 9.71. The van der Waals surface area contributed by atoms with E-state index in [1.165, 1.54) is 6.07 Å². The summed E-state index contributed by atoms with van der Waals surface area (Å²) in [6, 6.07) is 9.01. The molecule has 138 valence electrons. The lowest BCUT2D eigenvalue weighted by Crippen LogP contribution is -2.51. The van der Waals surface area contributed by atoms with Crippen LogP contribution >= 0.6 is 0 Å². The van der Waals surface area contributed by atoms with Crippen LogP contribution in [0.4, 0.5) is 0 Å². The second kappa shape index (κ2) is 6.31. The molecule has 1 aromatic carbocycles. The number of hydrogen-bond acceptors (Lipinski definition) is 5. The molecule has 2 aliphatic heterocycles. The Morgan fingerprint density at radius 1 is 1.26 bits per heavy atom. The van der Waals surface area contributed by atoms with Gasteiger partial charge in [-0.15, -0.1) is 5.10 Å². The molecule has 1 fully saturated rings. The maximum Gasteiger partial charge on any atom is 0.242 e. The minimum atomic E-state index is -0.0670. The minimum absolute atomic E-state index is 0.0234. The van der Waals surface area contributed by atoms with Crippen LogP contribution < -0.4 is 5.43 Å². The number of ether oxygens (including phenoxy) is 1. The first kappa shape index (κ1) is 16.2. The highest BCUT2D eigenvalue weighted by Crippen LogP contribution is 2.30. The molecule has 5 rings (SSSR count). The smallest absolute Gasteiger partial charge is 0.242 e. The highest BCUT2D eigenvalue weighted by atomic mass is 16.5. The van der Waals surface area contributed by atoms with E-state index in [-0.39, 0.29) is 30.0 Å². The first-order valence-electron chi connectivity index (χ1n) is 9.07. The SMILES string of the molecule is O=C(Cn1ccc(=O)c2ccccc21)N1CC[C@H]2[C@H](C1)OCc1cnnn12. The van der Waals surface area contributed by atoms with Crippen molar-refractivity contribution in [1.29, 1.82) is 0 Å². The van der Waals surface area contributed by atoms with Crippen molar-refractivity contribution in [3.63, 3.8) is 0 Å². The molecular formula is C19H19N5O3. The van der Waals surface area contributed by atoms with Crippen molar-refractivity contribution in [3.05, 3.63) is 58.6 Å². The highest BCUT2D eigenvalue weighted by Gasteiger charge is 2.37. The van der Waals surface area contributed by atoms with E-state index < -0.39 is 0 Å². The molecule has 8 heteroatoms. The number of carbonyl (C=O) groups is 1. The van der Waals surface area contributed by atoms with E-state index in [1.807, 2.05) is 32.3 Å². The fourth-order valence-electron chi connectivity index (χ4n) is 4.06. The van der Waals surface area contributed by atoms with E-state index in [4.69, 9.17) is 4.74 Å². The van der Waals surface area contributed by atoms with Crippen molar-refractivity contribution in [1.82, 2.24) is 24.5 Å². The van der Waals surface area contributed by atoms with Crippen molar-refractivity contribution < 1.29 is 9.53 Å². The van der Waals surface area contributed by atoms with Gasteiger partial charge < -0.3 is 14.2 Å². The second-order valence-electron chi connectivity index (χ2n) is 7.04. The monoisotopic (exact) mass is 365 g/mol. The second-order valence-corrected chi connectivity index (χ2v) is 7.04. The number of nitrogens with zero attached hydrogens (tertiary/aromatic N) is 5. The minimum Gasteiger partial charge on any atom is -0.368 e. The largest absolute Gasteiger partial charge is 0.368 e. The number of aromatic nitrogens is 4. The number of hydrogen-bond donors (Lipinski definition) is 0. The third kappa shape index (κ3) is 2.73. The summed E-state index contributed by atoms with van der Waals surface area (Å²) in [4.78, 5) is 26.8. The lowest BCUT2D eigenvalue weighted by Gasteiger charge is -2.41. The van der Waals surface area contributed by atoms with Crippen molar-refractivity contribution in [2.75, 3.05) is 13.1 Å². The molecule has 0 unspecified atom stereocenters. The van der Waals surface area contributed by atoms with Gasteiger partial charge in [-0.1, -0.05) is 17.3 Å². The quantitative estimate of drug-likeness (QED) is 0.676. The lowest BCUT2D eigenvalue weighted by molar-refractivity contribution is -0.140. The van der Waals surface area contributed by atoms with Crippen LogP contribution in [0.1, 0.15) is 18.2 Å². The fourth-order valence-corrected chi connectivity index (χ4v) is 4.06. The Labute approximate surface area is 154 Å². The van der Waals surface area contributed by atoms with Crippen LogP contribution in [0.15, 0.2) is 47.5 Å². The van der Waals surface area contributed by atoms with E-state index in [0.29, 0.717) is 25.1 Å². The number of fused-ring (bicyclic) bond motifs is 4. The molecule has 0 spiro atoms. The summed E-state index contributed by atoms with van der Waals surface area (Å²) in [7, 11) is 0. The molecule has 2 aliphatic rings. The Bertz CT molecular complexity index is 1070. The Morgan fingerprint density at radius 3 is 3.07 bits per heavy atom. The maximum atomic E-state index is 12.9. The zero-order valence-electron chi connectivity index (χ0n) is 14.7. The summed E-state index contributed by atoms with van der Waals surface area (Å²) in [5, 5.41) is 8.76. The third-order valence-corrected chi connectivity index (χ3v) is 5.48. The van der Waals surface area contributed by atoms with Gasteiger partial charge in [0.25, 0.3) is 0 Å². The molecule has 8 nitrogen and oxygen atoms in total. The number of carbonyl (C=O) groups excluding carboxylic acids is 1. The average Bonchev–Trinajstić information content (AvgIpc) is 3.19. The van der Waals surface area contributed by atoms with Crippen LogP contribution in [0.2, 0.25) is 0 Å². The predicted octanol–water partition coefficient (Wildman–Crippen LogP) is 0.965. The molecule has 0 saturated carbocycles. The van der Waals surface area contributed by atoms with Gasteiger partial charge in [-0.25, -0.2) is 4.68 Å². The standard InChI is InChI=1S/C19H19N5O3/c25-17-6-8-22(15-4-2-1-3-14(15)17)11-19(26)23-7-5-16-18(10-23)27-12-13-9-20-21-24(13)16/h1-4,6,8-9,16,18H,5,7,10-12H2/t16-,18-/m0/s1. The Morgan fingerprint density at radius 2 is 2.15 bits per heavy atom. The molecule has 4 heterocycles. The number of rotatable bonds is 2. The topological polar surface area (TPSA) is 82.2 Å². The van der Waals surface area contributed by atoms with Gasteiger partial charge in [-0.05, 0) is 18.6 Å². The fraction of sp³-hybridized carbons (Fsp3) is 0.368. The summed E-state index contributed by atoms with van der Waals surface area (Å²) in [6.45, 7) is 1.87. The molecule has 3 aromatic rings. The van der Waals surface area contributed by atoms with Gasteiger partial charge >= 0.3 is 0 Å². The molecule has 1 amide bonds. The van der Waals surface area contributed by atoms with Crippen molar-refractivity contribution in [3.8, 4) is 0 Å². The molecule has 0 aliphatic carbocycles. The van der Waals surface area contributed by atoms with E-state index >= 15 is 0 Å². The molecule has 0 N–H and O–H groups in total. The van der Waals surface area contributed by atoms with Crippen molar-refractivity contribution in [2.24, 2.45) is 0 Å².